The van der Waals surface area contributed by atoms with Gasteiger partial charge in [-0.3, -0.25) is 0 Å². The van der Waals surface area contributed by atoms with E-state index in [2.05, 4.69) is 36.5 Å². The Kier molecular flexibility index (Phi) is 4.48. The summed E-state index contributed by atoms with van der Waals surface area (Å²) in [4.78, 5) is 0. The molecular weight excluding hydrogens is 300 g/mol. The van der Waals surface area contributed by atoms with E-state index in [1.165, 1.54) is 44.9 Å². The largest absolute Gasteiger partial charge is 0.0623 e. The molecule has 0 N–H and O–H groups in total. The summed E-state index contributed by atoms with van der Waals surface area (Å²) in [7, 11) is 0. The van der Waals surface area contributed by atoms with Crippen molar-refractivity contribution in [1.29, 1.82) is 0 Å². The number of hydrogen-bond acceptors (Lipinski definition) is 0. The molecule has 5 aliphatic carbocycles. The van der Waals surface area contributed by atoms with Crippen LogP contribution in [0.4, 0.5) is 0 Å². The average Bonchev–Trinajstić information content (AvgIpc) is 2.91. The van der Waals surface area contributed by atoms with E-state index in [-0.39, 0.29) is 0 Å². The van der Waals surface area contributed by atoms with Crippen LogP contribution in [0.2, 0.25) is 0 Å². The van der Waals surface area contributed by atoms with Crippen molar-refractivity contribution in [3.63, 3.8) is 0 Å². The molecule has 25 heavy (non-hydrogen) atoms. The van der Waals surface area contributed by atoms with E-state index in [1.807, 2.05) is 0 Å². The Bertz CT molecular complexity index is 616. The molecule has 4 fully saturated rings. The van der Waals surface area contributed by atoms with Crippen molar-refractivity contribution in [2.45, 2.75) is 70.6 Å². The molecule has 0 aromatic rings. The van der Waals surface area contributed by atoms with Gasteiger partial charge in [-0.2, -0.15) is 0 Å². The van der Waals surface area contributed by atoms with Crippen molar-refractivity contribution in [3.05, 3.63) is 47.6 Å². The fourth-order valence-electron chi connectivity index (χ4n) is 7.44. The maximum absolute atomic E-state index is 2.45. The summed E-state index contributed by atoms with van der Waals surface area (Å²) >= 11 is 0. The summed E-state index contributed by atoms with van der Waals surface area (Å²) in [5.41, 5.74) is 3.36. The molecule has 0 amide bonds. The zero-order valence-corrected chi connectivity index (χ0v) is 15.7. The van der Waals surface area contributed by atoms with Gasteiger partial charge in [-0.05, 0) is 85.2 Å². The number of rotatable bonds is 0. The minimum absolute atomic E-state index is 0.869. The third kappa shape index (κ3) is 2.90. The predicted octanol–water partition coefficient (Wildman–Crippen LogP) is 7.01. The van der Waals surface area contributed by atoms with E-state index in [9.17, 15) is 0 Å². The summed E-state index contributed by atoms with van der Waals surface area (Å²) in [6, 6.07) is 0. The number of hydrogen-bond donors (Lipinski definition) is 0. The van der Waals surface area contributed by atoms with Crippen LogP contribution < -0.4 is 0 Å². The molecule has 0 heteroatoms. The lowest BCUT2D eigenvalue weighted by molar-refractivity contribution is -0.00613. The van der Waals surface area contributed by atoms with Crippen LogP contribution in [-0.2, 0) is 0 Å². The topological polar surface area (TPSA) is 0 Å². The smallest absolute Gasteiger partial charge is 0.0125 e. The molecule has 0 bridgehead atoms. The Hall–Kier alpha value is -1.04. The molecule has 5 rings (SSSR count). The molecule has 0 saturated heterocycles. The normalized spacial score (nSPS) is 49.9. The lowest BCUT2D eigenvalue weighted by Gasteiger charge is -2.51. The van der Waals surface area contributed by atoms with Crippen molar-refractivity contribution in [1.82, 2.24) is 0 Å². The highest BCUT2D eigenvalue weighted by atomic mass is 14.5. The van der Waals surface area contributed by atoms with Gasteiger partial charge in [0.15, 0.2) is 0 Å². The first kappa shape index (κ1) is 16.2. The van der Waals surface area contributed by atoms with E-state index in [4.69, 9.17) is 0 Å². The standard InChI is InChI=1S/C25H34/c1-3-7-11-20-18(9-5-1)13-14-24-22(20)15-16-23-21-12-8-4-2-6-10-19(21)17-25(23)24/h2,4,6,8,10,12,18,20,22-25H,1,3,5,7,9,11,13-17H2/b4-2?,6-2-,8-4-,10-6?,12-8?,19-10-,21-12+. The highest BCUT2D eigenvalue weighted by Gasteiger charge is 2.50. The third-order valence-electron chi connectivity index (χ3n) is 8.45. The fourth-order valence-corrected chi connectivity index (χ4v) is 7.44. The summed E-state index contributed by atoms with van der Waals surface area (Å²) in [5.74, 6) is 6.09. The van der Waals surface area contributed by atoms with Gasteiger partial charge >= 0.3 is 0 Å². The highest BCUT2D eigenvalue weighted by Crippen LogP contribution is 2.59. The van der Waals surface area contributed by atoms with Crippen LogP contribution in [0, 0.1) is 35.5 Å². The van der Waals surface area contributed by atoms with Crippen molar-refractivity contribution in [2.24, 2.45) is 35.5 Å². The summed E-state index contributed by atoms with van der Waals surface area (Å²) < 4.78 is 0. The first-order chi connectivity index (χ1) is 12.4. The molecule has 0 spiro atoms. The monoisotopic (exact) mass is 334 g/mol. The first-order valence-corrected chi connectivity index (χ1v) is 11.2. The molecular formula is C25H34. The zero-order chi connectivity index (χ0) is 16.6. The van der Waals surface area contributed by atoms with Gasteiger partial charge in [-0.1, -0.05) is 68.6 Å². The lowest BCUT2D eigenvalue weighted by Crippen LogP contribution is -2.42. The molecule has 6 unspecified atom stereocenters. The average molecular weight is 335 g/mol. The van der Waals surface area contributed by atoms with Gasteiger partial charge in [0.25, 0.3) is 0 Å². The van der Waals surface area contributed by atoms with Crippen molar-refractivity contribution in [3.8, 4) is 0 Å². The Balaban J connectivity index is 1.41. The minimum Gasteiger partial charge on any atom is -0.0623 e. The van der Waals surface area contributed by atoms with Crippen LogP contribution in [-0.4, -0.2) is 0 Å². The zero-order valence-electron chi connectivity index (χ0n) is 15.7. The summed E-state index contributed by atoms with van der Waals surface area (Å²) in [5, 5.41) is 0. The molecule has 0 aromatic heterocycles. The second kappa shape index (κ2) is 6.93. The quantitative estimate of drug-likeness (QED) is 0.447. The van der Waals surface area contributed by atoms with Crippen LogP contribution in [0.3, 0.4) is 0 Å². The van der Waals surface area contributed by atoms with Crippen LogP contribution in [0.5, 0.6) is 0 Å². The van der Waals surface area contributed by atoms with Crippen molar-refractivity contribution < 1.29 is 0 Å². The van der Waals surface area contributed by atoms with Crippen molar-refractivity contribution in [2.75, 3.05) is 0 Å². The van der Waals surface area contributed by atoms with Crippen LogP contribution in [0.25, 0.3) is 0 Å². The van der Waals surface area contributed by atoms with Gasteiger partial charge in [0.2, 0.25) is 0 Å². The summed E-state index contributed by atoms with van der Waals surface area (Å²) in [6.07, 6.45) is 30.4. The van der Waals surface area contributed by atoms with Crippen LogP contribution in [0.1, 0.15) is 70.6 Å². The number of allylic oxidation sites excluding steroid dienone is 8. The molecule has 5 aliphatic rings. The second-order valence-corrected chi connectivity index (χ2v) is 9.46. The molecule has 0 aliphatic heterocycles. The van der Waals surface area contributed by atoms with E-state index < -0.39 is 0 Å². The molecule has 6 atom stereocenters. The predicted molar refractivity (Wildman–Crippen MR) is 106 cm³/mol. The SMILES string of the molecule is C1=C\C=C2\CC3C(CCC4C5CCCCCCC5CCC34)\C2=C\C=C/1. The Labute approximate surface area is 154 Å². The molecule has 0 heterocycles. The molecule has 0 nitrogen and oxygen atoms in total. The van der Waals surface area contributed by atoms with Gasteiger partial charge in [0.05, 0.1) is 0 Å². The molecule has 0 aromatic carbocycles. The van der Waals surface area contributed by atoms with Crippen LogP contribution >= 0.6 is 0 Å². The van der Waals surface area contributed by atoms with E-state index in [0.717, 1.165) is 35.5 Å². The Morgan fingerprint density at radius 3 is 2.24 bits per heavy atom. The molecule has 134 valence electrons. The highest BCUT2D eigenvalue weighted by molar-refractivity contribution is 5.45. The Morgan fingerprint density at radius 2 is 1.32 bits per heavy atom. The fraction of sp³-hybridized carbons (Fsp3) is 0.680. The maximum Gasteiger partial charge on any atom is -0.0125 e. The van der Waals surface area contributed by atoms with Gasteiger partial charge in [-0.25, -0.2) is 0 Å². The third-order valence-corrected chi connectivity index (χ3v) is 8.45. The minimum atomic E-state index is 0.869. The van der Waals surface area contributed by atoms with Crippen molar-refractivity contribution >= 4 is 0 Å². The van der Waals surface area contributed by atoms with Gasteiger partial charge in [0.1, 0.15) is 0 Å². The first-order valence-electron chi connectivity index (χ1n) is 11.2. The van der Waals surface area contributed by atoms with E-state index in [0.29, 0.717) is 0 Å². The number of fused-ring (bicyclic) bond motifs is 7. The lowest BCUT2D eigenvalue weighted by atomic mass is 9.54. The van der Waals surface area contributed by atoms with Gasteiger partial charge in [0, 0.05) is 0 Å². The summed E-state index contributed by atoms with van der Waals surface area (Å²) in [6.45, 7) is 0. The van der Waals surface area contributed by atoms with E-state index >= 15 is 0 Å². The van der Waals surface area contributed by atoms with Gasteiger partial charge < -0.3 is 0 Å². The van der Waals surface area contributed by atoms with E-state index in [1.54, 1.807) is 36.8 Å². The maximum atomic E-state index is 2.45. The molecule has 4 saturated carbocycles. The molecule has 0 radical (unpaired) electrons. The van der Waals surface area contributed by atoms with Crippen LogP contribution in [0.15, 0.2) is 47.6 Å². The second-order valence-electron chi connectivity index (χ2n) is 9.46. The Morgan fingerprint density at radius 1 is 0.560 bits per heavy atom. The van der Waals surface area contributed by atoms with Gasteiger partial charge in [-0.15, -0.1) is 0 Å².